The van der Waals surface area contributed by atoms with Crippen molar-refractivity contribution in [1.29, 1.82) is 5.26 Å². The summed E-state index contributed by atoms with van der Waals surface area (Å²) in [4.78, 5) is 8.24. The summed E-state index contributed by atoms with van der Waals surface area (Å²) in [5.74, 6) is 1.23. The van der Waals surface area contributed by atoms with Crippen LogP contribution >= 0.6 is 0 Å². The molecule has 1 aromatic carbocycles. The Morgan fingerprint density at radius 3 is 2.94 bits per heavy atom. The first-order valence-corrected chi connectivity index (χ1v) is 5.10. The Morgan fingerprint density at radius 1 is 1.29 bits per heavy atom. The van der Waals surface area contributed by atoms with Gasteiger partial charge in [0.15, 0.2) is 0 Å². The largest absolute Gasteiger partial charge is 0.357 e. The number of hydrogen-bond donors (Lipinski definition) is 2. The van der Waals surface area contributed by atoms with Crippen LogP contribution in [0, 0.1) is 11.3 Å². The molecule has 1 aromatic heterocycles. The zero-order valence-electron chi connectivity index (χ0n) is 9.31. The van der Waals surface area contributed by atoms with Crippen LogP contribution in [0.4, 0.5) is 17.5 Å². The van der Waals surface area contributed by atoms with Crippen molar-refractivity contribution >= 4 is 17.5 Å². The molecule has 2 aromatic rings. The summed E-state index contributed by atoms with van der Waals surface area (Å²) in [6.45, 7) is 0. The maximum Gasteiger partial charge on any atom is 0.224 e. The molecule has 0 saturated carbocycles. The number of nitrogens with one attached hydrogen (secondary N) is 2. The second kappa shape index (κ2) is 4.94. The van der Waals surface area contributed by atoms with Crippen molar-refractivity contribution in [1.82, 2.24) is 9.97 Å². The monoisotopic (exact) mass is 225 g/mol. The second-order valence-corrected chi connectivity index (χ2v) is 3.33. The lowest BCUT2D eigenvalue weighted by Crippen LogP contribution is -1.99. The van der Waals surface area contributed by atoms with E-state index in [4.69, 9.17) is 5.26 Å². The molecule has 0 aliphatic heterocycles. The van der Waals surface area contributed by atoms with E-state index in [1.807, 2.05) is 12.1 Å². The van der Waals surface area contributed by atoms with E-state index in [0.29, 0.717) is 17.3 Å². The zero-order chi connectivity index (χ0) is 12.1. The molecule has 0 amide bonds. The first-order chi connectivity index (χ1) is 8.31. The van der Waals surface area contributed by atoms with Crippen molar-refractivity contribution in [2.45, 2.75) is 0 Å². The lowest BCUT2D eigenvalue weighted by atomic mass is 10.2. The summed E-state index contributed by atoms with van der Waals surface area (Å²) < 4.78 is 0. The van der Waals surface area contributed by atoms with Gasteiger partial charge >= 0.3 is 0 Å². The smallest absolute Gasteiger partial charge is 0.224 e. The molecular formula is C12H11N5. The molecule has 0 aliphatic rings. The highest BCUT2D eigenvalue weighted by Gasteiger charge is 1.99. The molecule has 0 unspecified atom stereocenters. The predicted molar refractivity (Wildman–Crippen MR) is 66.0 cm³/mol. The number of aromatic nitrogens is 2. The Hall–Kier alpha value is -2.61. The number of nitrogens with zero attached hydrogens (tertiary/aromatic N) is 3. The van der Waals surface area contributed by atoms with E-state index in [-0.39, 0.29) is 0 Å². The summed E-state index contributed by atoms with van der Waals surface area (Å²) in [5.41, 5.74) is 1.43. The van der Waals surface area contributed by atoms with Crippen LogP contribution in [0.2, 0.25) is 0 Å². The number of anilines is 3. The van der Waals surface area contributed by atoms with E-state index in [0.717, 1.165) is 5.69 Å². The molecule has 2 N–H and O–H groups in total. The Kier molecular flexibility index (Phi) is 3.17. The standard InChI is InChI=1S/C12H11N5/c1-14-12-15-6-5-11(17-12)16-10-4-2-3-9(7-10)8-13/h2-7H,1H3,(H2,14,15,16,17). The van der Waals surface area contributed by atoms with Crippen molar-refractivity contribution in [2.24, 2.45) is 0 Å². The number of benzene rings is 1. The van der Waals surface area contributed by atoms with Crippen LogP contribution in [0.5, 0.6) is 0 Å². The number of nitriles is 1. The quantitative estimate of drug-likeness (QED) is 0.837. The van der Waals surface area contributed by atoms with Gasteiger partial charge in [-0.05, 0) is 24.3 Å². The van der Waals surface area contributed by atoms with Crippen LogP contribution in [0.3, 0.4) is 0 Å². The van der Waals surface area contributed by atoms with Gasteiger partial charge in [0.1, 0.15) is 5.82 Å². The van der Waals surface area contributed by atoms with Gasteiger partial charge in [-0.1, -0.05) is 6.07 Å². The Bertz CT molecular complexity index is 559. The molecule has 2 rings (SSSR count). The van der Waals surface area contributed by atoms with Gasteiger partial charge in [0, 0.05) is 18.9 Å². The van der Waals surface area contributed by atoms with E-state index in [1.54, 1.807) is 31.4 Å². The third-order valence-corrected chi connectivity index (χ3v) is 2.14. The van der Waals surface area contributed by atoms with Gasteiger partial charge in [-0.25, -0.2) is 4.98 Å². The van der Waals surface area contributed by atoms with Gasteiger partial charge in [0.2, 0.25) is 5.95 Å². The van der Waals surface area contributed by atoms with Crippen molar-refractivity contribution < 1.29 is 0 Å². The fourth-order valence-electron chi connectivity index (χ4n) is 1.36. The highest BCUT2D eigenvalue weighted by atomic mass is 15.1. The highest BCUT2D eigenvalue weighted by molar-refractivity contribution is 5.58. The molecule has 0 fully saturated rings. The topological polar surface area (TPSA) is 73.6 Å². The normalized spacial score (nSPS) is 9.41. The third kappa shape index (κ3) is 2.69. The summed E-state index contributed by atoms with van der Waals surface area (Å²) >= 11 is 0. The van der Waals surface area contributed by atoms with Gasteiger partial charge in [0.25, 0.3) is 0 Å². The Balaban J connectivity index is 2.22. The summed E-state index contributed by atoms with van der Waals surface area (Å²) in [6, 6.07) is 11.1. The molecule has 0 spiro atoms. The fraction of sp³-hybridized carbons (Fsp3) is 0.0833. The average molecular weight is 225 g/mol. The molecule has 0 radical (unpaired) electrons. The van der Waals surface area contributed by atoms with Gasteiger partial charge in [-0.15, -0.1) is 0 Å². The van der Waals surface area contributed by atoms with E-state index in [1.165, 1.54) is 0 Å². The number of hydrogen-bond acceptors (Lipinski definition) is 5. The molecule has 5 heteroatoms. The molecule has 84 valence electrons. The van der Waals surface area contributed by atoms with Crippen LogP contribution in [-0.4, -0.2) is 17.0 Å². The molecule has 5 nitrogen and oxygen atoms in total. The minimum atomic E-state index is 0.548. The van der Waals surface area contributed by atoms with Crippen LogP contribution in [0.1, 0.15) is 5.56 Å². The molecule has 0 bridgehead atoms. The molecule has 1 heterocycles. The second-order valence-electron chi connectivity index (χ2n) is 3.33. The predicted octanol–water partition coefficient (Wildman–Crippen LogP) is 2.13. The minimum Gasteiger partial charge on any atom is -0.357 e. The van der Waals surface area contributed by atoms with Crippen molar-refractivity contribution in [3.8, 4) is 6.07 Å². The fourth-order valence-corrected chi connectivity index (χ4v) is 1.36. The van der Waals surface area contributed by atoms with Crippen LogP contribution < -0.4 is 10.6 Å². The lowest BCUT2D eigenvalue weighted by molar-refractivity contribution is 1.15. The zero-order valence-corrected chi connectivity index (χ0v) is 9.31. The first kappa shape index (κ1) is 10.9. The molecule has 0 saturated heterocycles. The maximum atomic E-state index is 8.80. The minimum absolute atomic E-state index is 0.548. The summed E-state index contributed by atoms with van der Waals surface area (Å²) in [7, 11) is 1.76. The molecule has 17 heavy (non-hydrogen) atoms. The van der Waals surface area contributed by atoms with Crippen LogP contribution in [-0.2, 0) is 0 Å². The molecular weight excluding hydrogens is 214 g/mol. The SMILES string of the molecule is CNc1nccc(Nc2cccc(C#N)c2)n1. The van der Waals surface area contributed by atoms with Gasteiger partial charge < -0.3 is 10.6 Å². The lowest BCUT2D eigenvalue weighted by Gasteiger charge is -2.06. The van der Waals surface area contributed by atoms with Crippen LogP contribution in [0.25, 0.3) is 0 Å². The highest BCUT2D eigenvalue weighted by Crippen LogP contribution is 2.16. The van der Waals surface area contributed by atoms with Gasteiger partial charge in [-0.2, -0.15) is 10.2 Å². The van der Waals surface area contributed by atoms with E-state index >= 15 is 0 Å². The molecule has 0 aliphatic carbocycles. The van der Waals surface area contributed by atoms with Crippen LogP contribution in [0.15, 0.2) is 36.5 Å². The van der Waals surface area contributed by atoms with E-state index < -0.39 is 0 Å². The Labute approximate surface area is 99.1 Å². The number of rotatable bonds is 3. The summed E-state index contributed by atoms with van der Waals surface area (Å²) in [6.07, 6.45) is 1.66. The first-order valence-electron chi connectivity index (χ1n) is 5.10. The Morgan fingerprint density at radius 2 is 2.18 bits per heavy atom. The maximum absolute atomic E-state index is 8.80. The van der Waals surface area contributed by atoms with E-state index in [9.17, 15) is 0 Å². The van der Waals surface area contributed by atoms with Gasteiger partial charge in [0.05, 0.1) is 11.6 Å². The van der Waals surface area contributed by atoms with Crippen molar-refractivity contribution in [3.63, 3.8) is 0 Å². The average Bonchev–Trinajstić information content (AvgIpc) is 2.39. The van der Waals surface area contributed by atoms with Crippen molar-refractivity contribution in [2.75, 3.05) is 17.7 Å². The van der Waals surface area contributed by atoms with E-state index in [2.05, 4.69) is 26.7 Å². The van der Waals surface area contributed by atoms with Gasteiger partial charge in [-0.3, -0.25) is 0 Å². The third-order valence-electron chi connectivity index (χ3n) is 2.14. The van der Waals surface area contributed by atoms with Crippen molar-refractivity contribution in [3.05, 3.63) is 42.1 Å². The molecule has 0 atom stereocenters. The summed E-state index contributed by atoms with van der Waals surface area (Å²) in [5, 5.41) is 14.8.